The van der Waals surface area contributed by atoms with Crippen LogP contribution in [0, 0.1) is 5.82 Å². The molecule has 4 heteroatoms. The van der Waals surface area contributed by atoms with E-state index >= 15 is 0 Å². The number of amides is 1. The van der Waals surface area contributed by atoms with Crippen LogP contribution in [0.15, 0.2) is 36.4 Å². The van der Waals surface area contributed by atoms with Crippen molar-refractivity contribution < 1.29 is 9.18 Å². The number of benzene rings is 1. The van der Waals surface area contributed by atoms with E-state index in [-0.39, 0.29) is 17.8 Å². The van der Waals surface area contributed by atoms with Crippen molar-refractivity contribution in [2.45, 2.75) is 32.7 Å². The first-order chi connectivity index (χ1) is 10.5. The van der Waals surface area contributed by atoms with Crippen LogP contribution in [0.25, 0.3) is 0 Å². The summed E-state index contributed by atoms with van der Waals surface area (Å²) in [6, 6.07) is 6.87. The van der Waals surface area contributed by atoms with Crippen LogP contribution in [0.1, 0.15) is 38.3 Å². The molecule has 0 bridgehead atoms. The maximum absolute atomic E-state index is 13.4. The number of carbonyl (C=O) groups excluding carboxylic acids is 1. The largest absolute Gasteiger partial charge is 0.338 e. The summed E-state index contributed by atoms with van der Waals surface area (Å²) < 4.78 is 13.4. The van der Waals surface area contributed by atoms with Gasteiger partial charge in [-0.1, -0.05) is 24.3 Å². The Morgan fingerprint density at radius 3 is 2.91 bits per heavy atom. The van der Waals surface area contributed by atoms with Crippen molar-refractivity contribution >= 4 is 5.91 Å². The zero-order valence-electron chi connectivity index (χ0n) is 13.5. The molecule has 3 nitrogen and oxygen atoms in total. The van der Waals surface area contributed by atoms with Crippen LogP contribution in [0.3, 0.4) is 0 Å². The van der Waals surface area contributed by atoms with Crippen molar-refractivity contribution in [1.29, 1.82) is 0 Å². The predicted octanol–water partition coefficient (Wildman–Crippen LogP) is 3.39. The summed E-state index contributed by atoms with van der Waals surface area (Å²) in [5.41, 5.74) is 1.95. The van der Waals surface area contributed by atoms with Gasteiger partial charge in [0, 0.05) is 19.1 Å². The van der Waals surface area contributed by atoms with Gasteiger partial charge in [0.15, 0.2) is 0 Å². The van der Waals surface area contributed by atoms with Gasteiger partial charge in [0.1, 0.15) is 5.82 Å². The van der Waals surface area contributed by atoms with Gasteiger partial charge >= 0.3 is 0 Å². The minimum absolute atomic E-state index is 0.119. The standard InChI is InChI=1S/C18H25FN2O/c1-4-20(12-14(2)3)18(22)13-21-10-6-9-17(21)15-7-5-8-16(19)11-15/h5,7-8,11,17H,2,4,6,9-10,12-13H2,1,3H3. The van der Waals surface area contributed by atoms with Crippen LogP contribution in [0.4, 0.5) is 4.39 Å². The van der Waals surface area contributed by atoms with E-state index in [1.165, 1.54) is 6.07 Å². The number of likely N-dealkylation sites (tertiary alicyclic amines) is 1. The smallest absolute Gasteiger partial charge is 0.237 e. The number of halogens is 1. The summed E-state index contributed by atoms with van der Waals surface area (Å²) in [6.07, 6.45) is 2.02. The van der Waals surface area contributed by atoms with Crippen LogP contribution in [-0.2, 0) is 4.79 Å². The molecule has 1 atom stereocenters. The monoisotopic (exact) mass is 304 g/mol. The second kappa shape index (κ2) is 7.54. The first kappa shape index (κ1) is 16.7. The Bertz CT molecular complexity index is 544. The maximum atomic E-state index is 13.4. The molecule has 1 heterocycles. The first-order valence-electron chi connectivity index (χ1n) is 7.93. The van der Waals surface area contributed by atoms with Crippen LogP contribution in [0.5, 0.6) is 0 Å². The number of rotatable bonds is 6. The van der Waals surface area contributed by atoms with E-state index in [2.05, 4.69) is 11.5 Å². The lowest BCUT2D eigenvalue weighted by molar-refractivity contribution is -0.132. The summed E-state index contributed by atoms with van der Waals surface area (Å²) in [4.78, 5) is 16.5. The lowest BCUT2D eigenvalue weighted by atomic mass is 10.0. The summed E-state index contributed by atoms with van der Waals surface area (Å²) in [5, 5.41) is 0. The van der Waals surface area contributed by atoms with Gasteiger partial charge in [-0.15, -0.1) is 0 Å². The average Bonchev–Trinajstić information content (AvgIpc) is 2.92. The minimum atomic E-state index is -0.215. The van der Waals surface area contributed by atoms with Gasteiger partial charge in [-0.3, -0.25) is 9.69 Å². The second-order valence-electron chi connectivity index (χ2n) is 6.05. The number of nitrogens with zero attached hydrogens (tertiary/aromatic N) is 2. The Morgan fingerprint density at radius 1 is 1.50 bits per heavy atom. The molecule has 0 radical (unpaired) electrons. The van der Waals surface area contributed by atoms with Gasteiger partial charge in [-0.05, 0) is 50.9 Å². The SMILES string of the molecule is C=C(C)CN(CC)C(=O)CN1CCCC1c1cccc(F)c1. The van der Waals surface area contributed by atoms with Gasteiger partial charge in [-0.25, -0.2) is 4.39 Å². The van der Waals surface area contributed by atoms with E-state index in [1.54, 1.807) is 12.1 Å². The third kappa shape index (κ3) is 4.17. The molecule has 1 aliphatic rings. The average molecular weight is 304 g/mol. The summed E-state index contributed by atoms with van der Waals surface area (Å²) in [7, 11) is 0. The first-order valence-corrected chi connectivity index (χ1v) is 7.93. The Hall–Kier alpha value is -1.68. The van der Waals surface area contributed by atoms with E-state index in [0.717, 1.165) is 30.5 Å². The highest BCUT2D eigenvalue weighted by molar-refractivity contribution is 5.78. The van der Waals surface area contributed by atoms with Crippen LogP contribution >= 0.6 is 0 Å². The van der Waals surface area contributed by atoms with Crippen LogP contribution < -0.4 is 0 Å². The van der Waals surface area contributed by atoms with Gasteiger partial charge in [0.2, 0.25) is 5.91 Å². The summed E-state index contributed by atoms with van der Waals surface area (Å²) in [6.45, 7) is 10.4. The third-order valence-electron chi connectivity index (χ3n) is 4.13. The Balaban J connectivity index is 2.04. The van der Waals surface area contributed by atoms with Crippen molar-refractivity contribution in [3.8, 4) is 0 Å². The highest BCUT2D eigenvalue weighted by Crippen LogP contribution is 2.31. The van der Waals surface area contributed by atoms with Crippen molar-refractivity contribution in [2.24, 2.45) is 0 Å². The molecular formula is C18H25FN2O. The quantitative estimate of drug-likeness (QED) is 0.752. The van der Waals surface area contributed by atoms with E-state index < -0.39 is 0 Å². The number of hydrogen-bond acceptors (Lipinski definition) is 2. The maximum Gasteiger partial charge on any atom is 0.237 e. The van der Waals surface area contributed by atoms with E-state index in [1.807, 2.05) is 24.8 Å². The Kier molecular flexibility index (Phi) is 5.72. The van der Waals surface area contributed by atoms with E-state index in [9.17, 15) is 9.18 Å². The highest BCUT2D eigenvalue weighted by Gasteiger charge is 2.28. The molecule has 0 N–H and O–H groups in total. The van der Waals surface area contributed by atoms with Crippen molar-refractivity contribution in [3.63, 3.8) is 0 Å². The van der Waals surface area contributed by atoms with Gasteiger partial charge in [0.05, 0.1) is 6.54 Å². The van der Waals surface area contributed by atoms with Crippen LogP contribution in [-0.4, -0.2) is 41.9 Å². The van der Waals surface area contributed by atoms with Gasteiger partial charge < -0.3 is 4.90 Å². The summed E-state index contributed by atoms with van der Waals surface area (Å²) in [5.74, 6) is -0.0954. The van der Waals surface area contributed by atoms with E-state index in [0.29, 0.717) is 19.6 Å². The molecule has 0 aliphatic carbocycles. The zero-order chi connectivity index (χ0) is 16.1. The molecular weight excluding hydrogens is 279 g/mol. The highest BCUT2D eigenvalue weighted by atomic mass is 19.1. The predicted molar refractivity (Wildman–Crippen MR) is 87.0 cm³/mol. The number of carbonyl (C=O) groups is 1. The second-order valence-corrected chi connectivity index (χ2v) is 6.05. The summed E-state index contributed by atoms with van der Waals surface area (Å²) >= 11 is 0. The topological polar surface area (TPSA) is 23.6 Å². The molecule has 2 rings (SSSR count). The minimum Gasteiger partial charge on any atom is -0.338 e. The molecule has 0 saturated carbocycles. The normalized spacial score (nSPS) is 18.4. The van der Waals surface area contributed by atoms with Gasteiger partial charge in [0.25, 0.3) is 0 Å². The third-order valence-corrected chi connectivity index (χ3v) is 4.13. The molecule has 1 aromatic rings. The molecule has 22 heavy (non-hydrogen) atoms. The molecule has 1 fully saturated rings. The molecule has 1 saturated heterocycles. The fraction of sp³-hybridized carbons (Fsp3) is 0.500. The van der Waals surface area contributed by atoms with E-state index in [4.69, 9.17) is 0 Å². The number of hydrogen-bond donors (Lipinski definition) is 0. The Labute approximate surface area is 132 Å². The van der Waals surface area contributed by atoms with Crippen molar-refractivity contribution in [2.75, 3.05) is 26.2 Å². The van der Waals surface area contributed by atoms with Crippen molar-refractivity contribution in [3.05, 3.63) is 47.8 Å². The number of likely N-dealkylation sites (N-methyl/N-ethyl adjacent to an activating group) is 1. The molecule has 1 unspecified atom stereocenters. The fourth-order valence-corrected chi connectivity index (χ4v) is 3.08. The molecule has 0 spiro atoms. The lowest BCUT2D eigenvalue weighted by Gasteiger charge is -2.28. The molecule has 1 aliphatic heterocycles. The fourth-order valence-electron chi connectivity index (χ4n) is 3.08. The van der Waals surface area contributed by atoms with Crippen molar-refractivity contribution in [1.82, 2.24) is 9.80 Å². The van der Waals surface area contributed by atoms with Gasteiger partial charge in [-0.2, -0.15) is 0 Å². The van der Waals surface area contributed by atoms with Crippen LogP contribution in [0.2, 0.25) is 0 Å². The molecule has 0 aromatic heterocycles. The molecule has 1 amide bonds. The zero-order valence-corrected chi connectivity index (χ0v) is 13.5. The lowest BCUT2D eigenvalue weighted by Crippen LogP contribution is -2.40. The molecule has 1 aromatic carbocycles. The Morgan fingerprint density at radius 2 is 2.27 bits per heavy atom. The molecule has 120 valence electrons.